The zero-order chi connectivity index (χ0) is 23.1. The lowest BCUT2D eigenvalue weighted by Gasteiger charge is -2.40. The molecule has 0 saturated carbocycles. The van der Waals surface area contributed by atoms with Crippen LogP contribution in [0.2, 0.25) is 0 Å². The largest absolute Gasteiger partial charge is 0.497 e. The number of urea groups is 1. The van der Waals surface area contributed by atoms with Crippen molar-refractivity contribution < 1.29 is 19.1 Å². The van der Waals surface area contributed by atoms with Crippen molar-refractivity contribution in [2.45, 2.75) is 18.6 Å². The van der Waals surface area contributed by atoms with Gasteiger partial charge in [-0.3, -0.25) is 9.69 Å². The number of likely N-dealkylation sites (N-methyl/N-ethyl adjacent to an activating group) is 1. The number of carbonyl (C=O) groups is 2. The Labute approximate surface area is 192 Å². The van der Waals surface area contributed by atoms with E-state index in [2.05, 4.69) is 0 Å². The average Bonchev–Trinajstić information content (AvgIpc) is 3.42. The van der Waals surface area contributed by atoms with Gasteiger partial charge in [-0.05, 0) is 24.1 Å². The number of hydrogen-bond acceptors (Lipinski definition) is 7. The molecule has 0 bridgehead atoms. The molecule has 3 heterocycles. The number of aliphatic imine (C=N–C) groups is 1. The molecule has 0 aromatic heterocycles. The van der Waals surface area contributed by atoms with Gasteiger partial charge in [-0.2, -0.15) is 0 Å². The Morgan fingerprint density at radius 1 is 1.03 bits per heavy atom. The lowest BCUT2D eigenvalue weighted by atomic mass is 10.1. The molecule has 2 unspecified atom stereocenters. The number of ether oxygens (including phenoxy) is 2. The van der Waals surface area contributed by atoms with E-state index < -0.39 is 12.2 Å². The zero-order valence-corrected chi connectivity index (χ0v) is 19.0. The van der Waals surface area contributed by atoms with Gasteiger partial charge in [0, 0.05) is 32.7 Å². The minimum Gasteiger partial charge on any atom is -0.497 e. The second-order valence-electron chi connectivity index (χ2n) is 8.29. The molecule has 2 fully saturated rings. The smallest absolute Gasteiger partial charge is 0.328 e. The predicted octanol–water partition coefficient (Wildman–Crippen LogP) is 2.03. The lowest BCUT2D eigenvalue weighted by molar-refractivity contribution is -0.137. The van der Waals surface area contributed by atoms with Crippen molar-refractivity contribution in [1.29, 1.82) is 0 Å². The number of methoxy groups -OCH3 is 2. The minimum atomic E-state index is -0.549. The summed E-state index contributed by atoms with van der Waals surface area (Å²) in [5.41, 5.74) is 1.91. The Kier molecular flexibility index (Phi) is 5.32. The zero-order valence-electron chi connectivity index (χ0n) is 19.0. The standard InChI is InChI=1S/C24H27N5O4/c1-26-21-20(22(30)29(24(26)31)12-11-16-7-5-4-6-8-16)28-14-13-27(23(28)25-21)18-15-17(32-2)9-10-19(18)33-3/h4-10,15,20-21H,11-14H2,1-3H3. The van der Waals surface area contributed by atoms with Gasteiger partial charge in [-0.15, -0.1) is 0 Å². The van der Waals surface area contributed by atoms with Crippen LogP contribution in [-0.2, 0) is 11.2 Å². The van der Waals surface area contributed by atoms with Crippen LogP contribution in [0.15, 0.2) is 53.5 Å². The van der Waals surface area contributed by atoms with Crippen molar-refractivity contribution in [3.63, 3.8) is 0 Å². The molecule has 3 aliphatic heterocycles. The van der Waals surface area contributed by atoms with E-state index in [1.807, 2.05) is 58.3 Å². The monoisotopic (exact) mass is 449 g/mol. The number of hydrogen-bond donors (Lipinski definition) is 0. The fraction of sp³-hybridized carbons (Fsp3) is 0.375. The van der Waals surface area contributed by atoms with Crippen molar-refractivity contribution in [2.75, 3.05) is 45.8 Å². The third-order valence-corrected chi connectivity index (χ3v) is 6.52. The quantitative estimate of drug-likeness (QED) is 0.672. The molecule has 2 saturated heterocycles. The summed E-state index contributed by atoms with van der Waals surface area (Å²) in [6.07, 6.45) is 0.0667. The van der Waals surface area contributed by atoms with E-state index in [-0.39, 0.29) is 11.9 Å². The van der Waals surface area contributed by atoms with Gasteiger partial charge in [0.05, 0.1) is 19.9 Å². The summed E-state index contributed by atoms with van der Waals surface area (Å²) < 4.78 is 11.0. The first-order chi connectivity index (χ1) is 16.0. The highest BCUT2D eigenvalue weighted by Gasteiger charge is 2.54. The van der Waals surface area contributed by atoms with E-state index in [1.165, 1.54) is 4.90 Å². The van der Waals surface area contributed by atoms with E-state index in [4.69, 9.17) is 14.5 Å². The molecule has 172 valence electrons. The molecule has 33 heavy (non-hydrogen) atoms. The van der Waals surface area contributed by atoms with Gasteiger partial charge in [0.2, 0.25) is 5.96 Å². The first kappa shape index (κ1) is 21.1. The third kappa shape index (κ3) is 3.44. The highest BCUT2D eigenvalue weighted by Crippen LogP contribution is 2.38. The molecule has 0 aliphatic carbocycles. The number of nitrogens with zero attached hydrogens (tertiary/aromatic N) is 5. The van der Waals surface area contributed by atoms with Gasteiger partial charge < -0.3 is 24.2 Å². The Bertz CT molecular complexity index is 1110. The first-order valence-corrected chi connectivity index (χ1v) is 11.0. The Balaban J connectivity index is 1.41. The first-order valence-electron chi connectivity index (χ1n) is 11.0. The summed E-state index contributed by atoms with van der Waals surface area (Å²) in [6, 6.07) is 14.6. The SMILES string of the molecule is COc1ccc(OC)c(N2CCN3C2=NC2C3C(=O)N(CCc3ccccc3)C(=O)N2C)c1. The maximum Gasteiger partial charge on any atom is 0.328 e. The van der Waals surface area contributed by atoms with Gasteiger partial charge in [0.25, 0.3) is 5.91 Å². The van der Waals surface area contributed by atoms with E-state index in [0.717, 1.165) is 11.3 Å². The molecule has 0 radical (unpaired) electrons. The number of anilines is 1. The van der Waals surface area contributed by atoms with Crippen LogP contribution in [0.5, 0.6) is 11.5 Å². The fourth-order valence-electron chi connectivity index (χ4n) is 4.76. The average molecular weight is 450 g/mol. The number of imide groups is 1. The number of rotatable bonds is 6. The number of amides is 3. The number of fused-ring (bicyclic) bond motifs is 3. The number of guanidine groups is 1. The summed E-state index contributed by atoms with van der Waals surface area (Å²) in [6.45, 7) is 1.62. The maximum absolute atomic E-state index is 13.5. The van der Waals surface area contributed by atoms with Crippen LogP contribution in [-0.4, -0.2) is 85.7 Å². The van der Waals surface area contributed by atoms with Crippen molar-refractivity contribution >= 4 is 23.6 Å². The fourth-order valence-corrected chi connectivity index (χ4v) is 4.76. The maximum atomic E-state index is 13.5. The van der Waals surface area contributed by atoms with Gasteiger partial charge in [-0.1, -0.05) is 30.3 Å². The van der Waals surface area contributed by atoms with Gasteiger partial charge in [0.15, 0.2) is 12.2 Å². The van der Waals surface area contributed by atoms with Gasteiger partial charge >= 0.3 is 6.03 Å². The minimum absolute atomic E-state index is 0.197. The highest BCUT2D eigenvalue weighted by atomic mass is 16.5. The van der Waals surface area contributed by atoms with E-state index in [9.17, 15) is 9.59 Å². The van der Waals surface area contributed by atoms with Crippen LogP contribution < -0.4 is 14.4 Å². The third-order valence-electron chi connectivity index (χ3n) is 6.52. The van der Waals surface area contributed by atoms with Crippen LogP contribution >= 0.6 is 0 Å². The Hall–Kier alpha value is -3.75. The molecule has 5 rings (SSSR count). The lowest BCUT2D eigenvalue weighted by Crippen LogP contribution is -2.65. The summed E-state index contributed by atoms with van der Waals surface area (Å²) in [5.74, 6) is 1.87. The Morgan fingerprint density at radius 2 is 1.82 bits per heavy atom. The van der Waals surface area contributed by atoms with Crippen LogP contribution in [0.1, 0.15) is 5.56 Å². The molecule has 0 spiro atoms. The van der Waals surface area contributed by atoms with E-state index >= 15 is 0 Å². The van der Waals surface area contributed by atoms with Crippen molar-refractivity contribution in [1.82, 2.24) is 14.7 Å². The molecule has 2 aromatic rings. The molecular weight excluding hydrogens is 422 g/mol. The van der Waals surface area contributed by atoms with E-state index in [1.54, 1.807) is 26.2 Å². The van der Waals surface area contributed by atoms with E-state index in [0.29, 0.717) is 43.5 Å². The molecule has 3 aliphatic rings. The summed E-state index contributed by atoms with van der Waals surface area (Å²) in [7, 11) is 4.95. The van der Waals surface area contributed by atoms with Crippen LogP contribution in [0.3, 0.4) is 0 Å². The molecular formula is C24H27N5O4. The summed E-state index contributed by atoms with van der Waals surface area (Å²) in [4.78, 5) is 38.3. The van der Waals surface area contributed by atoms with Crippen molar-refractivity contribution in [2.24, 2.45) is 4.99 Å². The molecule has 2 atom stereocenters. The molecule has 9 heteroatoms. The highest BCUT2D eigenvalue weighted by molar-refractivity contribution is 6.08. The van der Waals surface area contributed by atoms with Crippen LogP contribution in [0.4, 0.5) is 10.5 Å². The number of benzene rings is 2. The molecule has 3 amide bonds. The Morgan fingerprint density at radius 3 is 2.55 bits per heavy atom. The van der Waals surface area contributed by atoms with Crippen LogP contribution in [0, 0.1) is 0 Å². The van der Waals surface area contributed by atoms with Gasteiger partial charge in [0.1, 0.15) is 11.5 Å². The second-order valence-corrected chi connectivity index (χ2v) is 8.29. The van der Waals surface area contributed by atoms with Crippen LogP contribution in [0.25, 0.3) is 0 Å². The molecule has 2 aromatic carbocycles. The molecule has 0 N–H and O–H groups in total. The van der Waals surface area contributed by atoms with Crippen molar-refractivity contribution in [3.05, 3.63) is 54.1 Å². The predicted molar refractivity (Wildman–Crippen MR) is 124 cm³/mol. The summed E-state index contributed by atoms with van der Waals surface area (Å²) in [5, 5.41) is 0. The van der Waals surface area contributed by atoms with Gasteiger partial charge in [-0.25, -0.2) is 9.79 Å². The second kappa shape index (κ2) is 8.31. The summed E-state index contributed by atoms with van der Waals surface area (Å²) >= 11 is 0. The normalized spacial score (nSPS) is 21.8. The molecule has 9 nitrogen and oxygen atoms in total. The van der Waals surface area contributed by atoms with Crippen molar-refractivity contribution in [3.8, 4) is 11.5 Å². The number of carbonyl (C=O) groups excluding carboxylic acids is 2. The topological polar surface area (TPSA) is 77.9 Å².